The van der Waals surface area contributed by atoms with E-state index >= 15 is 0 Å². The smallest absolute Gasteiger partial charge is 0.269 e. The molecule has 0 bridgehead atoms. The quantitative estimate of drug-likeness (QED) is 0.590. The van der Waals surface area contributed by atoms with E-state index in [0.717, 1.165) is 28.2 Å². The summed E-state index contributed by atoms with van der Waals surface area (Å²) in [6.07, 6.45) is 0.0681. The number of amides is 2. The zero-order valence-electron chi connectivity index (χ0n) is 18.0. The van der Waals surface area contributed by atoms with Gasteiger partial charge in [-0.25, -0.2) is 4.68 Å². The Morgan fingerprint density at radius 3 is 2.53 bits per heavy atom. The Hall–Kier alpha value is -3.52. The van der Waals surface area contributed by atoms with Gasteiger partial charge >= 0.3 is 0 Å². The van der Waals surface area contributed by atoms with Gasteiger partial charge in [-0.1, -0.05) is 17.7 Å². The number of nitrogens with one attached hydrogen (secondary N) is 2. The molecule has 0 spiro atoms. The van der Waals surface area contributed by atoms with E-state index < -0.39 is 5.91 Å². The summed E-state index contributed by atoms with van der Waals surface area (Å²) < 4.78 is 12.7. The fraction of sp³-hybridized carbons (Fsp3) is 0.261. The number of hydrogen-bond acceptors (Lipinski definition) is 5. The molecule has 2 heterocycles. The number of hydrazine groups is 1. The van der Waals surface area contributed by atoms with Crippen LogP contribution in [0.25, 0.3) is 5.69 Å². The van der Waals surface area contributed by atoms with Gasteiger partial charge in [-0.2, -0.15) is 5.10 Å². The average Bonchev–Trinajstić information content (AvgIpc) is 3.07. The molecule has 2 N–H and O–H groups in total. The maximum absolute atomic E-state index is 12.5. The lowest BCUT2D eigenvalue weighted by Crippen LogP contribution is -2.42. The van der Waals surface area contributed by atoms with E-state index in [2.05, 4.69) is 16.0 Å². The number of carbonyl (C=O) groups excluding carboxylic acids is 2. The molecule has 0 unspecified atom stereocenters. The SMILES string of the molecule is Cc1ccc(-n2nc(C)c(CC(=O)NNC(=O)c3ccc4c(c3)OCCO4)c2C)cc1Cl. The summed E-state index contributed by atoms with van der Waals surface area (Å²) >= 11 is 6.25. The van der Waals surface area contributed by atoms with Gasteiger partial charge in [0.15, 0.2) is 11.5 Å². The molecule has 0 saturated heterocycles. The van der Waals surface area contributed by atoms with Crippen LogP contribution in [0, 0.1) is 20.8 Å². The fourth-order valence-electron chi connectivity index (χ4n) is 3.48. The number of benzene rings is 2. The lowest BCUT2D eigenvalue weighted by atomic mass is 10.1. The van der Waals surface area contributed by atoms with Gasteiger partial charge in [-0.05, 0) is 56.7 Å². The minimum absolute atomic E-state index is 0.0681. The van der Waals surface area contributed by atoms with E-state index in [0.29, 0.717) is 35.3 Å². The highest BCUT2D eigenvalue weighted by Crippen LogP contribution is 2.30. The van der Waals surface area contributed by atoms with E-state index in [4.69, 9.17) is 21.1 Å². The molecule has 0 radical (unpaired) electrons. The summed E-state index contributed by atoms with van der Waals surface area (Å²) in [5, 5.41) is 5.20. The van der Waals surface area contributed by atoms with E-state index in [1.165, 1.54) is 0 Å². The standard InChI is InChI=1S/C23H23ClN4O4/c1-13-4-6-17(11-19(13)24)28-15(3)18(14(2)27-28)12-22(29)25-26-23(30)16-5-7-20-21(10-16)32-9-8-31-20/h4-7,10-11H,8-9,12H2,1-3H3,(H,25,29)(H,26,30). The normalized spacial score (nSPS) is 12.4. The third kappa shape index (κ3) is 4.40. The van der Waals surface area contributed by atoms with Crippen LogP contribution in [0.3, 0.4) is 0 Å². The number of hydrogen-bond donors (Lipinski definition) is 2. The van der Waals surface area contributed by atoms with Gasteiger partial charge in [0, 0.05) is 21.8 Å². The number of aromatic nitrogens is 2. The van der Waals surface area contributed by atoms with Crippen molar-refractivity contribution in [3.8, 4) is 17.2 Å². The summed E-state index contributed by atoms with van der Waals surface area (Å²) in [5.41, 5.74) is 9.39. The molecule has 3 aromatic rings. The van der Waals surface area contributed by atoms with Gasteiger partial charge in [0.25, 0.3) is 5.91 Å². The highest BCUT2D eigenvalue weighted by atomic mass is 35.5. The summed E-state index contributed by atoms with van der Waals surface area (Å²) in [6.45, 7) is 6.57. The highest BCUT2D eigenvalue weighted by Gasteiger charge is 2.18. The van der Waals surface area contributed by atoms with Crippen molar-refractivity contribution in [1.29, 1.82) is 0 Å². The Balaban J connectivity index is 1.41. The third-order valence-corrected chi connectivity index (χ3v) is 5.71. The molecule has 0 fully saturated rings. The predicted octanol–water partition coefficient (Wildman–Crippen LogP) is 3.23. The predicted molar refractivity (Wildman–Crippen MR) is 120 cm³/mol. The van der Waals surface area contributed by atoms with Crippen LogP contribution in [0.2, 0.25) is 5.02 Å². The highest BCUT2D eigenvalue weighted by molar-refractivity contribution is 6.31. The summed E-state index contributed by atoms with van der Waals surface area (Å²) in [5.74, 6) is 0.289. The summed E-state index contributed by atoms with van der Waals surface area (Å²) in [7, 11) is 0. The first-order chi connectivity index (χ1) is 15.3. The third-order valence-electron chi connectivity index (χ3n) is 5.30. The maximum Gasteiger partial charge on any atom is 0.269 e. The first kappa shape index (κ1) is 21.7. The molecule has 2 amide bonds. The molecule has 32 heavy (non-hydrogen) atoms. The Morgan fingerprint density at radius 1 is 1.03 bits per heavy atom. The average molecular weight is 455 g/mol. The van der Waals surface area contributed by atoms with E-state index in [1.54, 1.807) is 22.9 Å². The minimum Gasteiger partial charge on any atom is -0.486 e. The van der Waals surface area contributed by atoms with Crippen LogP contribution in [0.1, 0.15) is 32.9 Å². The monoisotopic (exact) mass is 454 g/mol. The molecule has 1 aliphatic rings. The van der Waals surface area contributed by atoms with Crippen LogP contribution < -0.4 is 20.3 Å². The Bertz CT molecular complexity index is 1200. The van der Waals surface area contributed by atoms with Gasteiger partial charge in [0.05, 0.1) is 17.8 Å². The van der Waals surface area contributed by atoms with Crippen LogP contribution in [0.4, 0.5) is 0 Å². The van der Waals surface area contributed by atoms with Crippen molar-refractivity contribution in [1.82, 2.24) is 20.6 Å². The van der Waals surface area contributed by atoms with Crippen LogP contribution in [-0.2, 0) is 11.2 Å². The molecule has 2 aromatic carbocycles. The first-order valence-electron chi connectivity index (χ1n) is 10.1. The van der Waals surface area contributed by atoms with Crippen LogP contribution >= 0.6 is 11.6 Å². The molecule has 1 aliphatic heterocycles. The Morgan fingerprint density at radius 2 is 1.78 bits per heavy atom. The van der Waals surface area contributed by atoms with Crippen molar-refractivity contribution in [2.24, 2.45) is 0 Å². The van der Waals surface area contributed by atoms with Crippen molar-refractivity contribution in [3.63, 3.8) is 0 Å². The minimum atomic E-state index is -0.450. The molecule has 8 nitrogen and oxygen atoms in total. The van der Waals surface area contributed by atoms with Crippen molar-refractivity contribution in [2.45, 2.75) is 27.2 Å². The van der Waals surface area contributed by atoms with Crippen molar-refractivity contribution >= 4 is 23.4 Å². The Labute approximate surface area is 190 Å². The van der Waals surface area contributed by atoms with Gasteiger partial charge in [-0.15, -0.1) is 0 Å². The molecule has 0 aliphatic carbocycles. The summed E-state index contributed by atoms with van der Waals surface area (Å²) in [4.78, 5) is 24.9. The number of nitrogens with zero attached hydrogens (tertiary/aromatic N) is 2. The molecule has 4 rings (SSSR count). The lowest BCUT2D eigenvalue weighted by molar-refractivity contribution is -0.121. The molecule has 1 aromatic heterocycles. The maximum atomic E-state index is 12.5. The summed E-state index contributed by atoms with van der Waals surface area (Å²) in [6, 6.07) is 10.6. The second-order valence-electron chi connectivity index (χ2n) is 7.53. The molecule has 0 atom stereocenters. The van der Waals surface area contributed by atoms with Gasteiger partial charge < -0.3 is 9.47 Å². The van der Waals surface area contributed by atoms with Crippen molar-refractivity contribution < 1.29 is 19.1 Å². The zero-order valence-corrected chi connectivity index (χ0v) is 18.7. The fourth-order valence-corrected chi connectivity index (χ4v) is 3.66. The first-order valence-corrected chi connectivity index (χ1v) is 10.5. The largest absolute Gasteiger partial charge is 0.486 e. The van der Waals surface area contributed by atoms with E-state index in [1.807, 2.05) is 39.0 Å². The van der Waals surface area contributed by atoms with Crippen LogP contribution in [0.15, 0.2) is 36.4 Å². The van der Waals surface area contributed by atoms with E-state index in [-0.39, 0.29) is 12.3 Å². The number of carbonyl (C=O) groups is 2. The van der Waals surface area contributed by atoms with Gasteiger partial charge in [-0.3, -0.25) is 20.4 Å². The second-order valence-corrected chi connectivity index (χ2v) is 7.94. The topological polar surface area (TPSA) is 94.5 Å². The van der Waals surface area contributed by atoms with E-state index in [9.17, 15) is 9.59 Å². The number of ether oxygens (including phenoxy) is 2. The number of fused-ring (bicyclic) bond motifs is 1. The van der Waals surface area contributed by atoms with Crippen molar-refractivity contribution in [2.75, 3.05) is 13.2 Å². The molecule has 0 saturated carbocycles. The number of halogens is 1. The number of rotatable bonds is 4. The number of aryl methyl sites for hydroxylation is 2. The second kappa shape index (κ2) is 8.92. The lowest BCUT2D eigenvalue weighted by Gasteiger charge is -2.18. The van der Waals surface area contributed by atoms with Crippen LogP contribution in [0.5, 0.6) is 11.5 Å². The van der Waals surface area contributed by atoms with Crippen LogP contribution in [-0.4, -0.2) is 34.8 Å². The molecule has 166 valence electrons. The van der Waals surface area contributed by atoms with Crippen molar-refractivity contribution in [3.05, 3.63) is 69.5 Å². The van der Waals surface area contributed by atoms with Gasteiger partial charge in [0.1, 0.15) is 13.2 Å². The molecular formula is C23H23ClN4O4. The van der Waals surface area contributed by atoms with Gasteiger partial charge in [0.2, 0.25) is 5.91 Å². The Kier molecular flexibility index (Phi) is 6.05. The zero-order chi connectivity index (χ0) is 22.8. The molecule has 9 heteroatoms. The molecular weight excluding hydrogens is 432 g/mol.